The van der Waals surface area contributed by atoms with Gasteiger partial charge in [0.25, 0.3) is 0 Å². The molecule has 0 radical (unpaired) electrons. The first-order valence-corrected chi connectivity index (χ1v) is 10.8. The van der Waals surface area contributed by atoms with E-state index in [9.17, 15) is 9.59 Å². The van der Waals surface area contributed by atoms with E-state index in [1.165, 1.54) is 0 Å². The van der Waals surface area contributed by atoms with Crippen molar-refractivity contribution in [2.75, 3.05) is 33.9 Å². The number of carbonyl (C=O) groups excluding carboxylic acids is 2. The molecule has 2 aliphatic heterocycles. The van der Waals surface area contributed by atoms with Crippen molar-refractivity contribution in [1.82, 2.24) is 20.7 Å². The molecule has 3 fully saturated rings. The Morgan fingerprint density at radius 2 is 1.97 bits per heavy atom. The number of ether oxygens (including phenoxy) is 2. The fourth-order valence-electron chi connectivity index (χ4n) is 5.10. The van der Waals surface area contributed by atoms with Crippen molar-refractivity contribution in [3.05, 3.63) is 29.8 Å². The van der Waals surface area contributed by atoms with Crippen LogP contribution in [0.5, 0.6) is 5.75 Å². The lowest BCUT2D eigenvalue weighted by molar-refractivity contribution is -0.157. The normalized spacial score (nSPS) is 28.7. The molecule has 8 heteroatoms. The number of piperazine rings is 1. The van der Waals surface area contributed by atoms with Gasteiger partial charge in [-0.1, -0.05) is 12.1 Å². The summed E-state index contributed by atoms with van der Waals surface area (Å²) in [4.78, 5) is 28.1. The fourth-order valence-corrected chi connectivity index (χ4v) is 5.10. The van der Waals surface area contributed by atoms with Gasteiger partial charge in [-0.05, 0) is 43.4 Å². The zero-order chi connectivity index (χ0) is 21.1. The summed E-state index contributed by atoms with van der Waals surface area (Å²) in [6, 6.07) is 8.05. The van der Waals surface area contributed by atoms with Gasteiger partial charge in [0.1, 0.15) is 11.8 Å². The van der Waals surface area contributed by atoms with Gasteiger partial charge in [-0.3, -0.25) is 15.0 Å². The predicted octanol–water partition coefficient (Wildman–Crippen LogP) is 0.916. The maximum atomic E-state index is 13.4. The lowest BCUT2D eigenvalue weighted by Gasteiger charge is -2.51. The van der Waals surface area contributed by atoms with Gasteiger partial charge < -0.3 is 19.7 Å². The van der Waals surface area contributed by atoms with Crippen LogP contribution < -0.4 is 15.5 Å². The molecule has 0 spiro atoms. The molecule has 2 amide bonds. The summed E-state index contributed by atoms with van der Waals surface area (Å²) in [5.41, 5.74) is 4.50. The number of methoxy groups -OCH3 is 2. The summed E-state index contributed by atoms with van der Waals surface area (Å²) in [6.07, 6.45) is 3.27. The van der Waals surface area contributed by atoms with E-state index in [2.05, 4.69) is 15.8 Å². The number of rotatable bonds is 7. The number of nitrogens with one attached hydrogen (secondary N) is 2. The quantitative estimate of drug-likeness (QED) is 0.643. The SMILES string of the molecule is COCCNC(=O)C1CCC2C(C1)N(Cc1ccc(OC)cc1)C(=O)C1CCNN12. The second-order valence-corrected chi connectivity index (χ2v) is 8.36. The Balaban J connectivity index is 1.52. The topological polar surface area (TPSA) is 83.1 Å². The number of fused-ring (bicyclic) bond motifs is 3. The third-order valence-electron chi connectivity index (χ3n) is 6.64. The molecule has 3 aliphatic rings. The first kappa shape index (κ1) is 21.1. The fraction of sp³-hybridized carbons (Fsp3) is 0.636. The molecule has 30 heavy (non-hydrogen) atoms. The molecule has 164 valence electrons. The number of amides is 2. The van der Waals surface area contributed by atoms with Crippen molar-refractivity contribution in [3.8, 4) is 5.75 Å². The van der Waals surface area contributed by atoms with Crippen LogP contribution in [0.3, 0.4) is 0 Å². The van der Waals surface area contributed by atoms with Crippen molar-refractivity contribution >= 4 is 11.8 Å². The van der Waals surface area contributed by atoms with Crippen molar-refractivity contribution in [3.63, 3.8) is 0 Å². The number of nitrogens with zero attached hydrogens (tertiary/aromatic N) is 2. The predicted molar refractivity (Wildman–Crippen MR) is 112 cm³/mol. The molecule has 2 heterocycles. The van der Waals surface area contributed by atoms with E-state index in [1.807, 2.05) is 29.2 Å². The van der Waals surface area contributed by atoms with Crippen LogP contribution >= 0.6 is 0 Å². The highest BCUT2D eigenvalue weighted by Gasteiger charge is 2.51. The number of benzene rings is 1. The smallest absolute Gasteiger partial charge is 0.242 e. The molecule has 1 aromatic rings. The van der Waals surface area contributed by atoms with E-state index < -0.39 is 0 Å². The highest BCUT2D eigenvalue weighted by Crippen LogP contribution is 2.38. The van der Waals surface area contributed by atoms with Crippen molar-refractivity contribution in [1.29, 1.82) is 0 Å². The van der Waals surface area contributed by atoms with Gasteiger partial charge in [0.2, 0.25) is 11.8 Å². The summed E-state index contributed by atoms with van der Waals surface area (Å²) in [5.74, 6) is 0.961. The Kier molecular flexibility index (Phi) is 6.55. The van der Waals surface area contributed by atoms with E-state index in [4.69, 9.17) is 9.47 Å². The molecule has 2 N–H and O–H groups in total. The lowest BCUT2D eigenvalue weighted by Crippen LogP contribution is -2.68. The molecule has 8 nitrogen and oxygen atoms in total. The van der Waals surface area contributed by atoms with Crippen LogP contribution in [0.4, 0.5) is 0 Å². The zero-order valence-corrected chi connectivity index (χ0v) is 17.8. The highest BCUT2D eigenvalue weighted by atomic mass is 16.5. The van der Waals surface area contributed by atoms with E-state index in [-0.39, 0.29) is 35.9 Å². The van der Waals surface area contributed by atoms with Gasteiger partial charge in [0, 0.05) is 44.7 Å². The second kappa shape index (κ2) is 9.32. The molecule has 1 aromatic carbocycles. The monoisotopic (exact) mass is 416 g/mol. The first-order chi connectivity index (χ1) is 14.6. The van der Waals surface area contributed by atoms with Crippen LogP contribution in [0.2, 0.25) is 0 Å². The van der Waals surface area contributed by atoms with Crippen LogP contribution in [-0.2, 0) is 20.9 Å². The minimum absolute atomic E-state index is 0.0216. The summed E-state index contributed by atoms with van der Waals surface area (Å²) in [5, 5.41) is 5.15. The molecular weight excluding hydrogens is 384 g/mol. The summed E-state index contributed by atoms with van der Waals surface area (Å²) < 4.78 is 10.3. The van der Waals surface area contributed by atoms with E-state index in [0.717, 1.165) is 37.1 Å². The Labute approximate surface area is 177 Å². The highest BCUT2D eigenvalue weighted by molar-refractivity contribution is 5.84. The van der Waals surface area contributed by atoms with Gasteiger partial charge in [0.15, 0.2) is 0 Å². The molecule has 4 rings (SSSR count). The Hall–Kier alpha value is -2.16. The number of carbonyl (C=O) groups is 2. The molecular formula is C22H32N4O4. The Morgan fingerprint density at radius 3 is 2.70 bits per heavy atom. The van der Waals surface area contributed by atoms with E-state index >= 15 is 0 Å². The van der Waals surface area contributed by atoms with E-state index in [1.54, 1.807) is 14.2 Å². The van der Waals surface area contributed by atoms with Gasteiger partial charge in [-0.2, -0.15) is 0 Å². The summed E-state index contributed by atoms with van der Waals surface area (Å²) >= 11 is 0. The van der Waals surface area contributed by atoms with Gasteiger partial charge in [-0.25, -0.2) is 5.01 Å². The third kappa shape index (κ3) is 4.17. The molecule has 4 atom stereocenters. The standard InChI is InChI=1S/C22H32N4O4/c1-29-12-11-23-21(27)16-5-8-18-20(13-16)25(22(28)19-9-10-24-26(18)19)14-15-3-6-17(30-2)7-4-15/h3-4,6-7,16,18-20,24H,5,8-14H2,1-2H3,(H,23,27). The largest absolute Gasteiger partial charge is 0.497 e. The summed E-state index contributed by atoms with van der Waals surface area (Å²) in [6.45, 7) is 2.42. The van der Waals surface area contributed by atoms with Crippen LogP contribution in [-0.4, -0.2) is 73.8 Å². The lowest BCUT2D eigenvalue weighted by atomic mass is 9.78. The van der Waals surface area contributed by atoms with Gasteiger partial charge in [0.05, 0.1) is 13.7 Å². The molecule has 0 aromatic heterocycles. The van der Waals surface area contributed by atoms with Crippen LogP contribution in [0.25, 0.3) is 0 Å². The first-order valence-electron chi connectivity index (χ1n) is 10.8. The number of hydrogen-bond donors (Lipinski definition) is 2. The maximum Gasteiger partial charge on any atom is 0.242 e. The molecule has 1 aliphatic carbocycles. The minimum atomic E-state index is -0.100. The summed E-state index contributed by atoms with van der Waals surface area (Å²) in [7, 11) is 3.27. The van der Waals surface area contributed by atoms with E-state index in [0.29, 0.717) is 26.1 Å². The minimum Gasteiger partial charge on any atom is -0.497 e. The average Bonchev–Trinajstić information content (AvgIpc) is 3.27. The third-order valence-corrected chi connectivity index (χ3v) is 6.64. The van der Waals surface area contributed by atoms with Crippen molar-refractivity contribution < 1.29 is 19.1 Å². The van der Waals surface area contributed by atoms with Crippen molar-refractivity contribution in [2.24, 2.45) is 5.92 Å². The number of hydrazine groups is 1. The molecule has 2 saturated heterocycles. The van der Waals surface area contributed by atoms with Gasteiger partial charge >= 0.3 is 0 Å². The Morgan fingerprint density at radius 1 is 1.17 bits per heavy atom. The molecule has 0 bridgehead atoms. The van der Waals surface area contributed by atoms with Crippen LogP contribution in [0.15, 0.2) is 24.3 Å². The van der Waals surface area contributed by atoms with Crippen molar-refractivity contribution in [2.45, 2.75) is 50.4 Å². The Bertz CT molecular complexity index is 756. The van der Waals surface area contributed by atoms with Crippen LogP contribution in [0.1, 0.15) is 31.2 Å². The number of hydrogen-bond acceptors (Lipinski definition) is 6. The average molecular weight is 417 g/mol. The van der Waals surface area contributed by atoms with Gasteiger partial charge in [-0.15, -0.1) is 0 Å². The second-order valence-electron chi connectivity index (χ2n) is 8.36. The molecule has 4 unspecified atom stereocenters. The zero-order valence-electron chi connectivity index (χ0n) is 17.8. The maximum absolute atomic E-state index is 13.4. The molecule has 1 saturated carbocycles. The van der Waals surface area contributed by atoms with Crippen LogP contribution in [0, 0.1) is 5.92 Å².